The van der Waals surface area contributed by atoms with E-state index in [1.54, 1.807) is 36.0 Å². The third-order valence-electron chi connectivity index (χ3n) is 6.06. The average molecular weight is 615 g/mol. The fourth-order valence-electron chi connectivity index (χ4n) is 4.21. The van der Waals surface area contributed by atoms with Gasteiger partial charge in [0.1, 0.15) is 5.69 Å². The molecular weight excluding hydrogens is 596 g/mol. The molecule has 0 N–H and O–H groups in total. The lowest BCUT2D eigenvalue weighted by Crippen LogP contribution is -2.23. The van der Waals surface area contributed by atoms with Gasteiger partial charge in [0.15, 0.2) is 11.6 Å². The predicted octanol–water partition coefficient (Wildman–Crippen LogP) is 5.29. The van der Waals surface area contributed by atoms with Gasteiger partial charge in [-0.15, -0.1) is 5.10 Å². The quantitative estimate of drug-likeness (QED) is 0.177. The van der Waals surface area contributed by atoms with Crippen LogP contribution in [-0.2, 0) is 0 Å². The Labute approximate surface area is 239 Å². The summed E-state index contributed by atoms with van der Waals surface area (Å²) in [5, 5.41) is 20.9. The molecule has 198 valence electrons. The molecule has 0 bridgehead atoms. The second-order valence-corrected chi connectivity index (χ2v) is 10.6. The highest BCUT2D eigenvalue weighted by atomic mass is 79.9. The maximum Gasteiger partial charge on any atom is 0.311 e. The largest absolute Gasteiger partial charge is 0.487 e. The molecule has 0 radical (unpaired) electrons. The van der Waals surface area contributed by atoms with Crippen molar-refractivity contribution in [1.82, 2.24) is 24.4 Å². The first kappa shape index (κ1) is 25.6. The fourth-order valence-corrected chi connectivity index (χ4v) is 5.37. The molecule has 0 unspecified atom stereocenters. The Balaban J connectivity index is 1.49. The van der Waals surface area contributed by atoms with E-state index in [9.17, 15) is 14.9 Å². The second-order valence-electron chi connectivity index (χ2n) is 8.64. The highest BCUT2D eigenvalue weighted by molar-refractivity contribution is 9.10. The molecule has 0 aliphatic heterocycles. The predicted molar refractivity (Wildman–Crippen MR) is 156 cm³/mol. The molecule has 0 aliphatic carbocycles. The molecular formula is C28H19BrN6O4S. The molecule has 0 spiro atoms. The maximum atomic E-state index is 13.3. The van der Waals surface area contributed by atoms with E-state index in [0.717, 1.165) is 15.7 Å². The number of para-hydroxylation sites is 1. The monoisotopic (exact) mass is 614 g/mol. The number of nitro benzene ring substituents is 1. The number of nitrogens with zero attached hydrogens (tertiary/aromatic N) is 6. The molecule has 3 aromatic heterocycles. The summed E-state index contributed by atoms with van der Waals surface area (Å²) in [4.78, 5) is 29.6. The molecule has 0 amide bonds. The van der Waals surface area contributed by atoms with Crippen LogP contribution in [-0.4, -0.2) is 35.9 Å². The van der Waals surface area contributed by atoms with Crippen molar-refractivity contribution in [2.45, 2.75) is 6.92 Å². The SMILES string of the molecule is CCOc1ccc(-c2nn(-c3ccccc3)cc2C=c2sc3nc(-c4ccc(Br)cc4)nn3c2=O)cc1[N+](=O)[O-]. The first-order valence-electron chi connectivity index (χ1n) is 12.1. The first-order valence-corrected chi connectivity index (χ1v) is 13.8. The van der Waals surface area contributed by atoms with Gasteiger partial charge in [-0.25, -0.2) is 4.68 Å². The summed E-state index contributed by atoms with van der Waals surface area (Å²) in [5.74, 6) is 0.639. The zero-order valence-corrected chi connectivity index (χ0v) is 23.3. The number of thiazole rings is 1. The Morgan fingerprint density at radius 3 is 2.50 bits per heavy atom. The van der Waals surface area contributed by atoms with Gasteiger partial charge in [-0.3, -0.25) is 14.9 Å². The molecule has 0 fully saturated rings. The smallest absolute Gasteiger partial charge is 0.311 e. The molecule has 0 saturated heterocycles. The summed E-state index contributed by atoms with van der Waals surface area (Å²) >= 11 is 4.62. The van der Waals surface area contributed by atoms with E-state index in [-0.39, 0.29) is 17.0 Å². The number of halogens is 1. The topological polar surface area (TPSA) is 117 Å². The minimum Gasteiger partial charge on any atom is -0.487 e. The first-order chi connectivity index (χ1) is 19.4. The summed E-state index contributed by atoms with van der Waals surface area (Å²) in [6.07, 6.45) is 3.50. The van der Waals surface area contributed by atoms with Crippen LogP contribution in [0.1, 0.15) is 12.5 Å². The van der Waals surface area contributed by atoms with Crippen LogP contribution in [0.5, 0.6) is 5.75 Å². The van der Waals surface area contributed by atoms with Gasteiger partial charge in [0.25, 0.3) is 5.56 Å². The Kier molecular flexibility index (Phi) is 6.70. The number of nitro groups is 1. The third kappa shape index (κ3) is 4.78. The van der Waals surface area contributed by atoms with Crippen molar-refractivity contribution in [3.05, 3.63) is 114 Å². The van der Waals surface area contributed by atoms with E-state index in [1.165, 1.54) is 21.9 Å². The van der Waals surface area contributed by atoms with Crippen molar-refractivity contribution >= 4 is 44.0 Å². The second kappa shape index (κ2) is 10.5. The normalized spacial score (nSPS) is 11.8. The van der Waals surface area contributed by atoms with Crippen molar-refractivity contribution in [2.75, 3.05) is 6.61 Å². The molecule has 6 rings (SSSR count). The van der Waals surface area contributed by atoms with E-state index in [4.69, 9.17) is 9.84 Å². The minimum atomic E-state index is -0.481. The summed E-state index contributed by atoms with van der Waals surface area (Å²) in [5.41, 5.74) is 2.72. The van der Waals surface area contributed by atoms with Gasteiger partial charge in [-0.2, -0.15) is 14.6 Å². The minimum absolute atomic E-state index is 0.164. The van der Waals surface area contributed by atoms with Gasteiger partial charge in [0.05, 0.1) is 21.7 Å². The lowest BCUT2D eigenvalue weighted by atomic mass is 10.1. The van der Waals surface area contributed by atoms with Crippen LogP contribution >= 0.6 is 27.3 Å². The Hall–Kier alpha value is -4.68. The molecule has 6 aromatic rings. The summed E-state index contributed by atoms with van der Waals surface area (Å²) in [7, 11) is 0. The van der Waals surface area contributed by atoms with Crippen LogP contribution in [0.4, 0.5) is 5.69 Å². The lowest BCUT2D eigenvalue weighted by molar-refractivity contribution is -0.385. The lowest BCUT2D eigenvalue weighted by Gasteiger charge is -2.06. The zero-order valence-electron chi connectivity index (χ0n) is 20.9. The van der Waals surface area contributed by atoms with Crippen molar-refractivity contribution in [3.63, 3.8) is 0 Å². The van der Waals surface area contributed by atoms with Crippen LogP contribution in [0.25, 0.3) is 39.4 Å². The van der Waals surface area contributed by atoms with E-state index in [0.29, 0.717) is 38.7 Å². The Morgan fingerprint density at radius 1 is 1.05 bits per heavy atom. The number of ether oxygens (including phenoxy) is 1. The highest BCUT2D eigenvalue weighted by Gasteiger charge is 2.20. The van der Waals surface area contributed by atoms with Gasteiger partial charge in [-0.1, -0.05) is 57.6 Å². The number of aromatic nitrogens is 5. The summed E-state index contributed by atoms with van der Waals surface area (Å²) < 4.78 is 9.75. The van der Waals surface area contributed by atoms with Crippen LogP contribution in [0.3, 0.4) is 0 Å². The van der Waals surface area contributed by atoms with Crippen LogP contribution < -0.4 is 14.8 Å². The standard InChI is InChI=1S/C28H19BrN6O4S/c1-2-39-23-13-10-18(14-22(23)35(37)38)25-19(16-33(31-25)21-6-4-3-5-7-21)15-24-27(36)34-28(40-24)30-26(32-34)17-8-11-20(29)12-9-17/h3-16H,2H2,1H3. The molecule has 0 aliphatic rings. The van der Waals surface area contributed by atoms with Gasteiger partial charge in [-0.05, 0) is 49.4 Å². The fraction of sp³-hybridized carbons (Fsp3) is 0.0714. The molecule has 12 heteroatoms. The van der Waals surface area contributed by atoms with E-state index in [1.807, 2.05) is 54.6 Å². The number of benzene rings is 3. The van der Waals surface area contributed by atoms with Crippen LogP contribution in [0.2, 0.25) is 0 Å². The van der Waals surface area contributed by atoms with Crippen LogP contribution in [0.15, 0.2) is 88.3 Å². The highest BCUT2D eigenvalue weighted by Crippen LogP contribution is 2.34. The number of fused-ring (bicyclic) bond motifs is 1. The van der Waals surface area contributed by atoms with E-state index < -0.39 is 4.92 Å². The van der Waals surface area contributed by atoms with Gasteiger partial charge in [0.2, 0.25) is 4.96 Å². The van der Waals surface area contributed by atoms with Gasteiger partial charge in [0, 0.05) is 33.4 Å². The van der Waals surface area contributed by atoms with E-state index >= 15 is 0 Å². The van der Waals surface area contributed by atoms with Gasteiger partial charge >= 0.3 is 5.69 Å². The van der Waals surface area contributed by atoms with Crippen LogP contribution in [0, 0.1) is 10.1 Å². The van der Waals surface area contributed by atoms with Crippen molar-refractivity contribution in [3.8, 4) is 34.1 Å². The molecule has 3 aromatic carbocycles. The van der Waals surface area contributed by atoms with E-state index in [2.05, 4.69) is 26.0 Å². The summed E-state index contributed by atoms with van der Waals surface area (Å²) in [6.45, 7) is 2.06. The number of hydrogen-bond donors (Lipinski definition) is 0. The van der Waals surface area contributed by atoms with Crippen molar-refractivity contribution in [2.24, 2.45) is 0 Å². The Morgan fingerprint density at radius 2 is 1.80 bits per heavy atom. The Bertz CT molecular complexity index is 1980. The molecule has 3 heterocycles. The molecule has 0 saturated carbocycles. The van der Waals surface area contributed by atoms with Gasteiger partial charge < -0.3 is 4.74 Å². The maximum absolute atomic E-state index is 13.3. The number of hydrogen-bond acceptors (Lipinski definition) is 8. The zero-order chi connectivity index (χ0) is 27.8. The average Bonchev–Trinajstić information content (AvgIpc) is 3.65. The molecule has 40 heavy (non-hydrogen) atoms. The molecule has 10 nitrogen and oxygen atoms in total. The van der Waals surface area contributed by atoms with Crippen molar-refractivity contribution in [1.29, 1.82) is 0 Å². The number of rotatable bonds is 7. The van der Waals surface area contributed by atoms with Crippen molar-refractivity contribution < 1.29 is 9.66 Å². The molecule has 0 atom stereocenters. The third-order valence-corrected chi connectivity index (χ3v) is 7.55. The summed E-state index contributed by atoms with van der Waals surface area (Å²) in [6, 6.07) is 21.7.